The molecule has 0 fully saturated rings. The third-order valence-electron chi connectivity index (χ3n) is 2.66. The Hall–Kier alpha value is -0.570. The maximum Gasteiger partial charge on any atom is 0.233 e. The number of carbonyl (C=O) groups is 1. The summed E-state index contributed by atoms with van der Waals surface area (Å²) < 4.78 is 0. The van der Waals surface area contributed by atoms with Gasteiger partial charge in [0.2, 0.25) is 5.91 Å². The van der Waals surface area contributed by atoms with Crippen molar-refractivity contribution in [2.75, 3.05) is 13.1 Å². The maximum absolute atomic E-state index is 11.5. The van der Waals surface area contributed by atoms with E-state index in [1.807, 2.05) is 0 Å². The van der Waals surface area contributed by atoms with Crippen LogP contribution in [-0.2, 0) is 4.79 Å². The molecule has 0 heterocycles. The lowest BCUT2D eigenvalue weighted by Crippen LogP contribution is -2.40. The third kappa shape index (κ3) is 8.72. The largest absolute Gasteiger partial charge is 0.355 e. The Bertz CT molecular complexity index is 181. The van der Waals surface area contributed by atoms with E-state index < -0.39 is 0 Å². The summed E-state index contributed by atoms with van der Waals surface area (Å²) in [6.45, 7) is 9.79. The van der Waals surface area contributed by atoms with Crippen LogP contribution in [0.4, 0.5) is 0 Å². The fourth-order valence-corrected chi connectivity index (χ4v) is 1.52. The summed E-state index contributed by atoms with van der Waals surface area (Å²) in [7, 11) is 0. The van der Waals surface area contributed by atoms with Crippen LogP contribution >= 0.6 is 0 Å². The molecule has 0 rings (SSSR count). The molecule has 1 atom stereocenters. The number of rotatable bonds is 9. The van der Waals surface area contributed by atoms with Crippen molar-refractivity contribution in [1.29, 1.82) is 0 Å². The molecule has 16 heavy (non-hydrogen) atoms. The molecule has 3 heteroatoms. The number of hydrogen-bond acceptors (Lipinski definition) is 2. The Morgan fingerprint density at radius 3 is 2.44 bits per heavy atom. The van der Waals surface area contributed by atoms with Crippen molar-refractivity contribution in [3.63, 3.8) is 0 Å². The lowest BCUT2D eigenvalue weighted by Gasteiger charge is -2.16. The Balaban J connectivity index is 3.62. The van der Waals surface area contributed by atoms with Crippen LogP contribution in [0.15, 0.2) is 0 Å². The highest BCUT2D eigenvalue weighted by Crippen LogP contribution is 2.03. The highest BCUT2D eigenvalue weighted by molar-refractivity contribution is 5.77. The predicted molar refractivity (Wildman–Crippen MR) is 69.5 cm³/mol. The van der Waals surface area contributed by atoms with E-state index in [9.17, 15) is 4.79 Å². The van der Waals surface area contributed by atoms with Crippen LogP contribution in [0.25, 0.3) is 0 Å². The molecule has 0 spiro atoms. The smallest absolute Gasteiger partial charge is 0.233 e. The lowest BCUT2D eigenvalue weighted by atomic mass is 10.1. The van der Waals surface area contributed by atoms with E-state index >= 15 is 0 Å². The van der Waals surface area contributed by atoms with E-state index in [0.717, 1.165) is 13.0 Å². The van der Waals surface area contributed by atoms with Crippen molar-refractivity contribution in [3.05, 3.63) is 0 Å². The third-order valence-corrected chi connectivity index (χ3v) is 2.66. The highest BCUT2D eigenvalue weighted by atomic mass is 16.1. The predicted octanol–water partition coefficient (Wildman–Crippen LogP) is 2.32. The molecule has 0 aliphatic carbocycles. The Labute approximate surface area is 100 Å². The van der Waals surface area contributed by atoms with Gasteiger partial charge in [0.05, 0.1) is 6.54 Å². The van der Waals surface area contributed by atoms with Gasteiger partial charge in [-0.15, -0.1) is 0 Å². The Morgan fingerprint density at radius 2 is 1.94 bits per heavy atom. The van der Waals surface area contributed by atoms with E-state index in [1.54, 1.807) is 0 Å². The molecular formula is C13H28N2O. The molecular weight excluding hydrogens is 200 g/mol. The van der Waals surface area contributed by atoms with Crippen molar-refractivity contribution < 1.29 is 4.79 Å². The van der Waals surface area contributed by atoms with Gasteiger partial charge in [-0.05, 0) is 18.8 Å². The lowest BCUT2D eigenvalue weighted by molar-refractivity contribution is -0.120. The number of carbonyl (C=O) groups excluding carboxylic acids is 1. The van der Waals surface area contributed by atoms with Gasteiger partial charge in [-0.3, -0.25) is 4.79 Å². The van der Waals surface area contributed by atoms with Crippen LogP contribution in [0, 0.1) is 5.92 Å². The molecule has 0 radical (unpaired) electrons. The summed E-state index contributed by atoms with van der Waals surface area (Å²) >= 11 is 0. The second-order valence-corrected chi connectivity index (χ2v) is 4.83. The zero-order chi connectivity index (χ0) is 12.4. The monoisotopic (exact) mass is 228 g/mol. The zero-order valence-electron chi connectivity index (χ0n) is 11.3. The van der Waals surface area contributed by atoms with Gasteiger partial charge in [0.15, 0.2) is 0 Å². The second-order valence-electron chi connectivity index (χ2n) is 4.83. The van der Waals surface area contributed by atoms with Crippen molar-refractivity contribution in [2.45, 2.75) is 59.4 Å². The summed E-state index contributed by atoms with van der Waals surface area (Å²) in [5.41, 5.74) is 0. The van der Waals surface area contributed by atoms with Crippen LogP contribution in [0.2, 0.25) is 0 Å². The summed E-state index contributed by atoms with van der Waals surface area (Å²) in [6.07, 6.45) is 4.72. The Kier molecular flexibility index (Phi) is 9.30. The first-order chi connectivity index (χ1) is 7.60. The zero-order valence-corrected chi connectivity index (χ0v) is 11.3. The molecule has 2 N–H and O–H groups in total. The van der Waals surface area contributed by atoms with Gasteiger partial charge in [0, 0.05) is 12.6 Å². The van der Waals surface area contributed by atoms with Crippen LogP contribution in [-0.4, -0.2) is 25.0 Å². The quantitative estimate of drug-likeness (QED) is 0.636. The van der Waals surface area contributed by atoms with Crippen LogP contribution in [0.1, 0.15) is 53.4 Å². The molecule has 0 aliphatic rings. The second kappa shape index (κ2) is 9.64. The standard InChI is InChI=1S/C13H28N2O/c1-5-7-8-12(6-2)14-10-13(16)15-9-11(3)4/h11-12,14H,5-10H2,1-4H3,(H,15,16). The fraction of sp³-hybridized carbons (Fsp3) is 0.923. The summed E-state index contributed by atoms with van der Waals surface area (Å²) in [5.74, 6) is 0.634. The molecule has 0 aromatic heterocycles. The molecule has 0 saturated heterocycles. The van der Waals surface area contributed by atoms with Crippen LogP contribution < -0.4 is 10.6 Å². The Morgan fingerprint density at radius 1 is 1.25 bits per heavy atom. The van der Waals surface area contributed by atoms with Gasteiger partial charge < -0.3 is 10.6 Å². The van der Waals surface area contributed by atoms with E-state index in [4.69, 9.17) is 0 Å². The first kappa shape index (κ1) is 15.4. The molecule has 1 amide bonds. The van der Waals surface area contributed by atoms with Crippen molar-refractivity contribution in [3.8, 4) is 0 Å². The van der Waals surface area contributed by atoms with Gasteiger partial charge in [-0.1, -0.05) is 40.5 Å². The van der Waals surface area contributed by atoms with Gasteiger partial charge in [-0.2, -0.15) is 0 Å². The van der Waals surface area contributed by atoms with E-state index in [1.165, 1.54) is 19.3 Å². The first-order valence-electron chi connectivity index (χ1n) is 6.60. The summed E-state index contributed by atoms with van der Waals surface area (Å²) in [6, 6.07) is 0.491. The molecule has 0 saturated carbocycles. The summed E-state index contributed by atoms with van der Waals surface area (Å²) in [5, 5.41) is 6.23. The molecule has 0 bridgehead atoms. The van der Waals surface area contributed by atoms with Crippen molar-refractivity contribution in [2.24, 2.45) is 5.92 Å². The van der Waals surface area contributed by atoms with E-state index in [-0.39, 0.29) is 5.91 Å². The minimum absolute atomic E-state index is 0.114. The molecule has 0 aliphatic heterocycles. The van der Waals surface area contributed by atoms with E-state index in [0.29, 0.717) is 18.5 Å². The van der Waals surface area contributed by atoms with Gasteiger partial charge >= 0.3 is 0 Å². The van der Waals surface area contributed by atoms with Crippen LogP contribution in [0.5, 0.6) is 0 Å². The normalized spacial score (nSPS) is 12.8. The minimum Gasteiger partial charge on any atom is -0.355 e. The number of unbranched alkanes of at least 4 members (excludes halogenated alkanes) is 1. The first-order valence-corrected chi connectivity index (χ1v) is 6.60. The highest BCUT2D eigenvalue weighted by Gasteiger charge is 2.07. The molecule has 3 nitrogen and oxygen atoms in total. The molecule has 0 aromatic carbocycles. The van der Waals surface area contributed by atoms with E-state index in [2.05, 4.69) is 38.3 Å². The topological polar surface area (TPSA) is 41.1 Å². The molecule has 1 unspecified atom stereocenters. The van der Waals surface area contributed by atoms with Crippen molar-refractivity contribution in [1.82, 2.24) is 10.6 Å². The number of amides is 1. The minimum atomic E-state index is 0.114. The average molecular weight is 228 g/mol. The maximum atomic E-state index is 11.5. The summed E-state index contributed by atoms with van der Waals surface area (Å²) in [4.78, 5) is 11.5. The average Bonchev–Trinajstić information content (AvgIpc) is 2.26. The van der Waals surface area contributed by atoms with Crippen LogP contribution in [0.3, 0.4) is 0 Å². The molecule has 0 aromatic rings. The van der Waals surface area contributed by atoms with Gasteiger partial charge in [0.25, 0.3) is 0 Å². The van der Waals surface area contributed by atoms with Gasteiger partial charge in [-0.25, -0.2) is 0 Å². The van der Waals surface area contributed by atoms with Crippen molar-refractivity contribution >= 4 is 5.91 Å². The number of hydrogen-bond donors (Lipinski definition) is 2. The fourth-order valence-electron chi connectivity index (χ4n) is 1.52. The van der Waals surface area contributed by atoms with Gasteiger partial charge in [0.1, 0.15) is 0 Å². The molecule has 96 valence electrons. The SMILES string of the molecule is CCCCC(CC)NCC(=O)NCC(C)C. The number of nitrogens with one attached hydrogen (secondary N) is 2.